The molecule has 0 aliphatic carbocycles. The molecule has 0 saturated heterocycles. The van der Waals surface area contributed by atoms with Crippen molar-refractivity contribution >= 4 is 40.9 Å². The molecule has 1 aliphatic rings. The summed E-state index contributed by atoms with van der Waals surface area (Å²) in [6.07, 6.45) is 0.992. The van der Waals surface area contributed by atoms with Gasteiger partial charge in [-0.05, 0) is 61.7 Å². The predicted octanol–water partition coefficient (Wildman–Crippen LogP) is 7.39. The Morgan fingerprint density at radius 3 is 2.62 bits per heavy atom. The summed E-state index contributed by atoms with van der Waals surface area (Å²) in [5, 5.41) is 12.1. The van der Waals surface area contributed by atoms with E-state index in [-0.39, 0.29) is 12.5 Å². The fourth-order valence-electron chi connectivity index (χ4n) is 4.46. The quantitative estimate of drug-likeness (QED) is 0.202. The molecule has 0 spiro atoms. The SMILES string of the molecule is CCCSc1nc2n(n1)C(c1ccc(OCc3c(F)cccc3Cl)cc1)C(C(=O)Nc1ccccc1C)=C(C)N2. The number of benzene rings is 3. The highest BCUT2D eigenvalue weighted by atomic mass is 35.5. The fraction of sp³-hybridized carbons (Fsp3) is 0.233. The molecule has 5 rings (SSSR count). The average Bonchev–Trinajstić information content (AvgIpc) is 3.34. The van der Waals surface area contributed by atoms with Crippen LogP contribution < -0.4 is 15.4 Å². The number of amides is 1. The van der Waals surface area contributed by atoms with Gasteiger partial charge in [-0.25, -0.2) is 9.07 Å². The zero-order valence-electron chi connectivity index (χ0n) is 22.4. The number of allylic oxidation sites excluding steroid dienone is 1. The number of aromatic nitrogens is 3. The van der Waals surface area contributed by atoms with Gasteiger partial charge in [0.25, 0.3) is 5.91 Å². The molecular weight excluding hydrogens is 549 g/mol. The number of ether oxygens (including phenoxy) is 1. The summed E-state index contributed by atoms with van der Waals surface area (Å²) in [6, 6.07) is 19.0. The van der Waals surface area contributed by atoms with Crippen LogP contribution in [0, 0.1) is 12.7 Å². The van der Waals surface area contributed by atoms with Gasteiger partial charge in [-0.3, -0.25) is 4.79 Å². The zero-order valence-corrected chi connectivity index (χ0v) is 23.9. The lowest BCUT2D eigenvalue weighted by atomic mass is 9.95. The lowest BCUT2D eigenvalue weighted by Gasteiger charge is -2.29. The van der Waals surface area contributed by atoms with Crippen LogP contribution in [0.2, 0.25) is 5.02 Å². The first-order chi connectivity index (χ1) is 19.4. The molecule has 2 heterocycles. The van der Waals surface area contributed by atoms with E-state index >= 15 is 0 Å². The zero-order chi connectivity index (χ0) is 28.2. The minimum absolute atomic E-state index is 0.00741. The van der Waals surface area contributed by atoms with Crippen LogP contribution in [-0.4, -0.2) is 26.4 Å². The van der Waals surface area contributed by atoms with E-state index in [1.54, 1.807) is 40.7 Å². The molecule has 1 aromatic heterocycles. The maximum Gasteiger partial charge on any atom is 0.255 e. The second-order valence-corrected chi connectivity index (χ2v) is 10.9. The van der Waals surface area contributed by atoms with Crippen molar-refractivity contribution in [3.05, 3.63) is 106 Å². The maximum atomic E-state index is 14.2. The van der Waals surface area contributed by atoms with E-state index in [2.05, 4.69) is 22.5 Å². The molecule has 1 atom stereocenters. The molecule has 1 aliphatic heterocycles. The first kappa shape index (κ1) is 27.7. The Hall–Kier alpha value is -3.82. The van der Waals surface area contributed by atoms with Crippen molar-refractivity contribution in [1.29, 1.82) is 0 Å². The standard InChI is InChI=1S/C30H29ClFN5O2S/c1-4-16-40-30-35-29-33-19(3)26(28(38)34-25-11-6-5-8-18(25)2)27(37(29)36-30)20-12-14-21(15-13-20)39-17-22-23(31)9-7-10-24(22)32/h5-15,27H,4,16-17H2,1-3H3,(H,34,38)(H,33,35,36). The van der Waals surface area contributed by atoms with Crippen molar-refractivity contribution < 1.29 is 13.9 Å². The van der Waals surface area contributed by atoms with Crippen molar-refractivity contribution in [1.82, 2.24) is 14.8 Å². The Morgan fingerprint density at radius 2 is 1.90 bits per heavy atom. The number of nitrogens with one attached hydrogen (secondary N) is 2. The van der Waals surface area contributed by atoms with E-state index in [0.29, 0.717) is 38.7 Å². The summed E-state index contributed by atoms with van der Waals surface area (Å²) in [6.45, 7) is 5.92. The minimum Gasteiger partial charge on any atom is -0.489 e. The third kappa shape index (κ3) is 5.85. The average molecular weight is 578 g/mol. The maximum absolute atomic E-state index is 14.2. The molecule has 2 N–H and O–H groups in total. The van der Waals surface area contributed by atoms with Crippen molar-refractivity contribution in [3.63, 3.8) is 0 Å². The van der Waals surface area contributed by atoms with Gasteiger partial charge < -0.3 is 15.4 Å². The summed E-state index contributed by atoms with van der Waals surface area (Å²) >= 11 is 7.72. The molecular formula is C30H29ClFN5O2S. The molecule has 40 heavy (non-hydrogen) atoms. The van der Waals surface area contributed by atoms with Gasteiger partial charge in [-0.1, -0.05) is 66.7 Å². The Bertz CT molecular complexity index is 1550. The van der Waals surface area contributed by atoms with Gasteiger partial charge in [-0.15, -0.1) is 5.10 Å². The van der Waals surface area contributed by atoms with Gasteiger partial charge >= 0.3 is 0 Å². The highest BCUT2D eigenvalue weighted by molar-refractivity contribution is 7.99. The number of carbonyl (C=O) groups is 1. The number of nitrogens with zero attached hydrogens (tertiary/aromatic N) is 3. The molecule has 0 fully saturated rings. The van der Waals surface area contributed by atoms with Crippen LogP contribution in [0.4, 0.5) is 16.0 Å². The molecule has 0 bridgehead atoms. The van der Waals surface area contributed by atoms with Gasteiger partial charge in [0.15, 0.2) is 0 Å². The Balaban J connectivity index is 1.46. The van der Waals surface area contributed by atoms with Gasteiger partial charge in [0.1, 0.15) is 24.2 Å². The molecule has 206 valence electrons. The van der Waals surface area contributed by atoms with Gasteiger partial charge in [0.2, 0.25) is 11.1 Å². The second kappa shape index (κ2) is 12.1. The normalized spacial score (nSPS) is 14.5. The molecule has 3 aromatic carbocycles. The Morgan fingerprint density at radius 1 is 1.12 bits per heavy atom. The summed E-state index contributed by atoms with van der Waals surface area (Å²) in [7, 11) is 0. The first-order valence-electron chi connectivity index (χ1n) is 13.0. The molecule has 1 amide bonds. The van der Waals surface area contributed by atoms with Crippen molar-refractivity contribution in [2.45, 2.75) is 45.0 Å². The van der Waals surface area contributed by atoms with Crippen LogP contribution in [0.5, 0.6) is 5.75 Å². The monoisotopic (exact) mass is 577 g/mol. The fourth-order valence-corrected chi connectivity index (χ4v) is 5.36. The number of anilines is 2. The topological polar surface area (TPSA) is 81.1 Å². The second-order valence-electron chi connectivity index (χ2n) is 9.40. The third-order valence-corrected chi connectivity index (χ3v) is 7.94. The molecule has 0 saturated carbocycles. The number of hydrogen-bond acceptors (Lipinski definition) is 6. The van der Waals surface area contributed by atoms with E-state index in [9.17, 15) is 9.18 Å². The highest BCUT2D eigenvalue weighted by Crippen LogP contribution is 2.37. The minimum atomic E-state index is -0.529. The number of para-hydroxylation sites is 1. The Labute approximate surface area is 241 Å². The molecule has 1 unspecified atom stereocenters. The number of hydrogen-bond donors (Lipinski definition) is 2. The summed E-state index contributed by atoms with van der Waals surface area (Å²) in [5.41, 5.74) is 4.04. The third-order valence-electron chi connectivity index (χ3n) is 6.55. The number of thioether (sulfide) groups is 1. The summed E-state index contributed by atoms with van der Waals surface area (Å²) in [4.78, 5) is 18.4. The van der Waals surface area contributed by atoms with Crippen molar-refractivity contribution in [3.8, 4) is 5.75 Å². The Kier molecular flexibility index (Phi) is 8.42. The highest BCUT2D eigenvalue weighted by Gasteiger charge is 2.34. The molecule has 4 aromatic rings. The largest absolute Gasteiger partial charge is 0.489 e. The van der Waals surface area contributed by atoms with Crippen molar-refractivity contribution in [2.24, 2.45) is 0 Å². The van der Waals surface area contributed by atoms with Gasteiger partial charge in [0.05, 0.1) is 10.6 Å². The van der Waals surface area contributed by atoms with Gasteiger partial charge in [0, 0.05) is 22.7 Å². The van der Waals surface area contributed by atoms with Crippen LogP contribution in [-0.2, 0) is 11.4 Å². The van der Waals surface area contributed by atoms with E-state index in [4.69, 9.17) is 21.4 Å². The predicted molar refractivity (Wildman–Crippen MR) is 157 cm³/mol. The first-order valence-corrected chi connectivity index (χ1v) is 14.3. The summed E-state index contributed by atoms with van der Waals surface area (Å²) < 4.78 is 21.8. The molecule has 7 nitrogen and oxygen atoms in total. The lowest BCUT2D eigenvalue weighted by molar-refractivity contribution is -0.113. The van der Waals surface area contributed by atoms with Crippen LogP contribution in [0.3, 0.4) is 0 Å². The van der Waals surface area contributed by atoms with E-state index in [1.807, 2.05) is 50.2 Å². The molecule has 0 radical (unpaired) electrons. The molecule has 10 heteroatoms. The van der Waals surface area contributed by atoms with Crippen LogP contribution in [0.15, 0.2) is 83.2 Å². The number of halogens is 2. The van der Waals surface area contributed by atoms with Crippen molar-refractivity contribution in [2.75, 3.05) is 16.4 Å². The number of aryl methyl sites for hydroxylation is 1. The van der Waals surface area contributed by atoms with Gasteiger partial charge in [-0.2, -0.15) is 4.98 Å². The number of carbonyl (C=O) groups excluding carboxylic acids is 1. The van der Waals surface area contributed by atoms with E-state index in [0.717, 1.165) is 29.0 Å². The van der Waals surface area contributed by atoms with Crippen LogP contribution in [0.25, 0.3) is 0 Å². The van der Waals surface area contributed by atoms with E-state index in [1.165, 1.54) is 6.07 Å². The lowest BCUT2D eigenvalue weighted by Crippen LogP contribution is -2.31. The summed E-state index contributed by atoms with van der Waals surface area (Å²) in [5.74, 6) is 1.35. The number of fused-ring (bicyclic) bond motifs is 1. The smallest absolute Gasteiger partial charge is 0.255 e. The van der Waals surface area contributed by atoms with Crippen LogP contribution in [0.1, 0.15) is 43.0 Å². The van der Waals surface area contributed by atoms with Crippen LogP contribution >= 0.6 is 23.4 Å². The number of rotatable bonds is 9. The van der Waals surface area contributed by atoms with E-state index < -0.39 is 11.9 Å².